The van der Waals surface area contributed by atoms with E-state index in [1.165, 1.54) is 5.56 Å². The quantitative estimate of drug-likeness (QED) is 0.872. The summed E-state index contributed by atoms with van der Waals surface area (Å²) < 4.78 is 5.71. The second kappa shape index (κ2) is 9.55. The first kappa shape index (κ1) is 20.2. The SMILES string of the molecule is CC(C)c1ccc(OCC(=O)N2CCNCC2c2cccnc2)cc1.Cl. The zero-order valence-electron chi connectivity index (χ0n) is 15.2. The summed E-state index contributed by atoms with van der Waals surface area (Å²) in [6.45, 7) is 6.57. The number of halogens is 1. The lowest BCUT2D eigenvalue weighted by atomic mass is 10.0. The minimum Gasteiger partial charge on any atom is -0.484 e. The van der Waals surface area contributed by atoms with Gasteiger partial charge in [-0.3, -0.25) is 9.78 Å². The lowest BCUT2D eigenvalue weighted by molar-refractivity contribution is -0.136. The molecular formula is C20H26ClN3O2. The van der Waals surface area contributed by atoms with Crippen molar-refractivity contribution in [2.45, 2.75) is 25.8 Å². The number of pyridine rings is 1. The number of nitrogens with one attached hydrogen (secondary N) is 1. The van der Waals surface area contributed by atoms with E-state index in [0.717, 1.165) is 24.4 Å². The number of amides is 1. The summed E-state index contributed by atoms with van der Waals surface area (Å²) in [6, 6.07) is 11.9. The lowest BCUT2D eigenvalue weighted by Crippen LogP contribution is -2.50. The monoisotopic (exact) mass is 375 g/mol. The Bertz CT molecular complexity index is 692. The molecule has 1 aliphatic heterocycles. The fourth-order valence-electron chi connectivity index (χ4n) is 3.05. The predicted octanol–water partition coefficient (Wildman–Crippen LogP) is 3.18. The lowest BCUT2D eigenvalue weighted by Gasteiger charge is -2.36. The predicted molar refractivity (Wildman–Crippen MR) is 105 cm³/mol. The minimum absolute atomic E-state index is 0. The number of piperazine rings is 1. The first-order valence-corrected chi connectivity index (χ1v) is 8.78. The average Bonchev–Trinajstić information content (AvgIpc) is 2.67. The van der Waals surface area contributed by atoms with Crippen molar-refractivity contribution < 1.29 is 9.53 Å². The maximum Gasteiger partial charge on any atom is 0.261 e. The molecule has 140 valence electrons. The zero-order chi connectivity index (χ0) is 17.6. The Hall–Kier alpha value is -2.11. The van der Waals surface area contributed by atoms with Crippen molar-refractivity contribution in [3.63, 3.8) is 0 Å². The van der Waals surface area contributed by atoms with Crippen LogP contribution in [0.1, 0.15) is 36.9 Å². The van der Waals surface area contributed by atoms with Crippen LogP contribution in [0.15, 0.2) is 48.8 Å². The van der Waals surface area contributed by atoms with E-state index in [4.69, 9.17) is 4.74 Å². The van der Waals surface area contributed by atoms with E-state index in [9.17, 15) is 4.79 Å². The van der Waals surface area contributed by atoms with Crippen LogP contribution in [-0.4, -0.2) is 42.0 Å². The second-order valence-corrected chi connectivity index (χ2v) is 6.61. The number of benzene rings is 1. The number of aromatic nitrogens is 1. The first-order chi connectivity index (χ1) is 12.1. The van der Waals surface area contributed by atoms with E-state index >= 15 is 0 Å². The van der Waals surface area contributed by atoms with Gasteiger partial charge in [-0.1, -0.05) is 32.0 Å². The van der Waals surface area contributed by atoms with Gasteiger partial charge in [0, 0.05) is 32.0 Å². The van der Waals surface area contributed by atoms with Crippen LogP contribution in [0.2, 0.25) is 0 Å². The standard InChI is InChI=1S/C20H25N3O2.ClH/c1-15(2)16-5-7-18(8-6-16)25-14-20(24)23-11-10-22-13-19(23)17-4-3-9-21-12-17;/h3-9,12,15,19,22H,10-11,13-14H2,1-2H3;1H. The Kier molecular flexibility index (Phi) is 7.42. The summed E-state index contributed by atoms with van der Waals surface area (Å²) >= 11 is 0. The van der Waals surface area contributed by atoms with Crippen molar-refractivity contribution in [3.05, 3.63) is 59.9 Å². The Labute approximate surface area is 161 Å². The molecule has 2 heterocycles. The zero-order valence-corrected chi connectivity index (χ0v) is 16.0. The molecular weight excluding hydrogens is 350 g/mol. The van der Waals surface area contributed by atoms with Crippen molar-refractivity contribution in [1.82, 2.24) is 15.2 Å². The molecule has 1 unspecified atom stereocenters. The molecule has 1 aromatic carbocycles. The second-order valence-electron chi connectivity index (χ2n) is 6.61. The highest BCUT2D eigenvalue weighted by Gasteiger charge is 2.28. The first-order valence-electron chi connectivity index (χ1n) is 8.78. The third-order valence-corrected chi connectivity index (χ3v) is 4.54. The summed E-state index contributed by atoms with van der Waals surface area (Å²) in [7, 11) is 0. The molecule has 2 aromatic rings. The van der Waals surface area contributed by atoms with Crippen LogP contribution in [0, 0.1) is 0 Å². The largest absolute Gasteiger partial charge is 0.484 e. The van der Waals surface area contributed by atoms with Crippen LogP contribution in [-0.2, 0) is 4.79 Å². The molecule has 1 amide bonds. The van der Waals surface area contributed by atoms with Crippen molar-refractivity contribution in [2.24, 2.45) is 0 Å². The highest BCUT2D eigenvalue weighted by molar-refractivity contribution is 5.85. The van der Waals surface area contributed by atoms with E-state index in [1.807, 2.05) is 47.5 Å². The highest BCUT2D eigenvalue weighted by Crippen LogP contribution is 2.22. The molecule has 0 radical (unpaired) electrons. The van der Waals surface area contributed by atoms with Gasteiger partial charge in [0.1, 0.15) is 5.75 Å². The molecule has 0 bridgehead atoms. The molecule has 6 heteroatoms. The molecule has 1 saturated heterocycles. The Morgan fingerprint density at radius 1 is 1.31 bits per heavy atom. The molecule has 1 fully saturated rings. The molecule has 0 spiro atoms. The molecule has 1 atom stereocenters. The van der Waals surface area contributed by atoms with Crippen LogP contribution < -0.4 is 10.1 Å². The summed E-state index contributed by atoms with van der Waals surface area (Å²) in [4.78, 5) is 18.7. The topological polar surface area (TPSA) is 54.5 Å². The molecule has 0 saturated carbocycles. The van der Waals surface area contributed by atoms with Crippen molar-refractivity contribution in [2.75, 3.05) is 26.2 Å². The average molecular weight is 376 g/mol. The van der Waals surface area contributed by atoms with Gasteiger partial charge < -0.3 is 15.0 Å². The van der Waals surface area contributed by atoms with Crippen molar-refractivity contribution >= 4 is 18.3 Å². The summed E-state index contributed by atoms with van der Waals surface area (Å²) in [5, 5.41) is 3.35. The number of nitrogens with zero attached hydrogens (tertiary/aromatic N) is 2. The van der Waals surface area contributed by atoms with Gasteiger partial charge in [-0.05, 0) is 35.2 Å². The smallest absolute Gasteiger partial charge is 0.261 e. The highest BCUT2D eigenvalue weighted by atomic mass is 35.5. The van der Waals surface area contributed by atoms with E-state index in [0.29, 0.717) is 12.5 Å². The maximum atomic E-state index is 12.7. The van der Waals surface area contributed by atoms with Crippen LogP contribution in [0.4, 0.5) is 0 Å². The van der Waals surface area contributed by atoms with Gasteiger partial charge in [0.15, 0.2) is 6.61 Å². The van der Waals surface area contributed by atoms with E-state index in [-0.39, 0.29) is 31.0 Å². The maximum absolute atomic E-state index is 12.7. The van der Waals surface area contributed by atoms with Gasteiger partial charge in [0.2, 0.25) is 0 Å². The Balaban J connectivity index is 0.00000243. The van der Waals surface area contributed by atoms with Crippen LogP contribution in [0.3, 0.4) is 0 Å². The van der Waals surface area contributed by atoms with Gasteiger partial charge in [-0.2, -0.15) is 0 Å². The van der Waals surface area contributed by atoms with Gasteiger partial charge in [0.05, 0.1) is 6.04 Å². The molecule has 5 nitrogen and oxygen atoms in total. The number of ether oxygens (including phenoxy) is 1. The van der Waals surface area contributed by atoms with Gasteiger partial charge in [-0.25, -0.2) is 0 Å². The number of carbonyl (C=O) groups excluding carboxylic acids is 1. The van der Waals surface area contributed by atoms with Gasteiger partial charge in [0.25, 0.3) is 5.91 Å². The van der Waals surface area contributed by atoms with Crippen LogP contribution in [0.25, 0.3) is 0 Å². The van der Waals surface area contributed by atoms with E-state index in [2.05, 4.69) is 24.1 Å². The van der Waals surface area contributed by atoms with E-state index < -0.39 is 0 Å². The number of hydrogen-bond acceptors (Lipinski definition) is 4. The fraction of sp³-hybridized carbons (Fsp3) is 0.400. The third-order valence-electron chi connectivity index (χ3n) is 4.54. The summed E-state index contributed by atoms with van der Waals surface area (Å²) in [6.07, 6.45) is 3.57. The normalized spacial score (nSPS) is 16.9. The Morgan fingerprint density at radius 3 is 2.73 bits per heavy atom. The number of rotatable bonds is 5. The molecule has 0 aliphatic carbocycles. The third kappa shape index (κ3) is 4.96. The van der Waals surface area contributed by atoms with Gasteiger partial charge >= 0.3 is 0 Å². The molecule has 1 aromatic heterocycles. The Morgan fingerprint density at radius 2 is 2.08 bits per heavy atom. The molecule has 1 aliphatic rings. The summed E-state index contributed by atoms with van der Waals surface area (Å²) in [5.74, 6) is 1.21. The molecule has 1 N–H and O–H groups in total. The van der Waals surface area contributed by atoms with Gasteiger partial charge in [-0.15, -0.1) is 12.4 Å². The number of carbonyl (C=O) groups is 1. The minimum atomic E-state index is 0. The number of hydrogen-bond donors (Lipinski definition) is 1. The van der Waals surface area contributed by atoms with Crippen LogP contribution in [0.5, 0.6) is 5.75 Å². The fourth-order valence-corrected chi connectivity index (χ4v) is 3.05. The molecule has 3 rings (SSSR count). The van der Waals surface area contributed by atoms with E-state index in [1.54, 1.807) is 6.20 Å². The van der Waals surface area contributed by atoms with Crippen molar-refractivity contribution in [1.29, 1.82) is 0 Å². The van der Waals surface area contributed by atoms with Crippen molar-refractivity contribution in [3.8, 4) is 5.75 Å². The molecule has 26 heavy (non-hydrogen) atoms. The van der Waals surface area contributed by atoms with Crippen LogP contribution >= 0.6 is 12.4 Å². The summed E-state index contributed by atoms with van der Waals surface area (Å²) in [5.41, 5.74) is 2.31.